The van der Waals surface area contributed by atoms with Crippen molar-refractivity contribution in [2.75, 3.05) is 0 Å². The minimum atomic E-state index is -3.26. The minimum absolute atomic E-state index is 0.781. The van der Waals surface area contributed by atoms with Crippen LogP contribution in [0.4, 0.5) is 0 Å². The molecule has 2 aromatic heterocycles. The predicted octanol–water partition coefficient (Wildman–Crippen LogP) is 8.03. The van der Waals surface area contributed by atoms with Crippen molar-refractivity contribution in [1.82, 2.24) is 9.38 Å². The average molecular weight is 665 g/mol. The van der Waals surface area contributed by atoms with Gasteiger partial charge in [-0.05, 0) is 51.9 Å². The number of benzene rings is 7. The molecule has 49 heavy (non-hydrogen) atoms. The van der Waals surface area contributed by atoms with Crippen molar-refractivity contribution in [3.63, 3.8) is 0 Å². The topological polar surface area (TPSA) is 51.4 Å². The van der Waals surface area contributed by atoms with Gasteiger partial charge in [0, 0.05) is 42.6 Å². The number of imidazole rings is 1. The molecule has 0 bridgehead atoms. The first-order valence-corrected chi connectivity index (χ1v) is 19.9. The average Bonchev–Trinajstić information content (AvgIpc) is 3.77. The molecule has 0 amide bonds. The fraction of sp³-hybridized carbons (Fsp3) is 0. The summed E-state index contributed by atoms with van der Waals surface area (Å²) in [7, 11) is -6.43. The highest BCUT2D eigenvalue weighted by molar-refractivity contribution is 7.87. The van der Waals surface area contributed by atoms with E-state index in [1.54, 1.807) is 0 Å². The molecular formula is C43H26N2O2P2. The van der Waals surface area contributed by atoms with Crippen molar-refractivity contribution in [2.45, 2.75) is 0 Å². The molecule has 0 N–H and O–H groups in total. The monoisotopic (exact) mass is 664 g/mol. The van der Waals surface area contributed by atoms with Crippen LogP contribution in [0, 0.1) is 0 Å². The van der Waals surface area contributed by atoms with Crippen molar-refractivity contribution >= 4 is 84.5 Å². The molecule has 2 aliphatic rings. The molecule has 230 valence electrons. The second-order valence-corrected chi connectivity index (χ2v) is 18.3. The highest BCUT2D eigenvalue weighted by Gasteiger charge is 2.42. The molecule has 4 nitrogen and oxygen atoms in total. The maximum Gasteiger partial charge on any atom is 0.172 e. The van der Waals surface area contributed by atoms with Gasteiger partial charge >= 0.3 is 0 Å². The van der Waals surface area contributed by atoms with E-state index >= 15 is 9.13 Å². The van der Waals surface area contributed by atoms with Gasteiger partial charge in [0.2, 0.25) is 0 Å². The van der Waals surface area contributed by atoms with Crippen molar-refractivity contribution in [3.05, 3.63) is 158 Å². The van der Waals surface area contributed by atoms with E-state index in [0.717, 1.165) is 92.4 Å². The Bertz CT molecular complexity index is 2930. The van der Waals surface area contributed by atoms with Gasteiger partial charge in [-0.15, -0.1) is 0 Å². The molecule has 0 atom stereocenters. The summed E-state index contributed by atoms with van der Waals surface area (Å²) < 4.78 is 33.6. The molecule has 7 aromatic carbocycles. The fourth-order valence-electron chi connectivity index (χ4n) is 8.53. The van der Waals surface area contributed by atoms with Gasteiger partial charge in [-0.2, -0.15) is 0 Å². The SMILES string of the molecule is O=P1(c2ccc3nc4c5ccccc5c5c(P6(=O)c7ccccc7-c7ccccc76)cccc5n4c3c2)c2ccccc2-c2ccccc21. The molecule has 0 unspecified atom stereocenters. The molecule has 2 aliphatic heterocycles. The smallest absolute Gasteiger partial charge is 0.172 e. The third kappa shape index (κ3) is 3.33. The third-order valence-corrected chi connectivity index (χ3v) is 16.9. The van der Waals surface area contributed by atoms with Crippen LogP contribution in [0.25, 0.3) is 60.6 Å². The van der Waals surface area contributed by atoms with Crippen molar-refractivity contribution in [2.24, 2.45) is 0 Å². The second-order valence-electron chi connectivity index (χ2n) is 12.9. The van der Waals surface area contributed by atoms with Gasteiger partial charge < -0.3 is 9.13 Å². The number of pyridine rings is 1. The third-order valence-electron chi connectivity index (χ3n) is 10.6. The molecule has 0 radical (unpaired) electrons. The number of hydrogen-bond acceptors (Lipinski definition) is 3. The Hall–Kier alpha value is -5.53. The van der Waals surface area contributed by atoms with Gasteiger partial charge in [-0.3, -0.25) is 4.40 Å². The van der Waals surface area contributed by atoms with Gasteiger partial charge in [0.05, 0.1) is 16.6 Å². The van der Waals surface area contributed by atoms with Gasteiger partial charge in [0.25, 0.3) is 0 Å². The Morgan fingerprint density at radius 3 is 1.51 bits per heavy atom. The number of hydrogen-bond donors (Lipinski definition) is 0. The summed E-state index contributed by atoms with van der Waals surface area (Å²) in [5, 5.41) is 8.05. The van der Waals surface area contributed by atoms with E-state index in [1.807, 2.05) is 103 Å². The summed E-state index contributed by atoms with van der Waals surface area (Å²) in [5.74, 6) is 0. The van der Waals surface area contributed by atoms with Gasteiger partial charge in [-0.25, -0.2) is 4.98 Å². The first-order valence-electron chi connectivity index (χ1n) is 16.4. The van der Waals surface area contributed by atoms with Crippen LogP contribution in [-0.4, -0.2) is 9.38 Å². The predicted molar refractivity (Wildman–Crippen MR) is 204 cm³/mol. The van der Waals surface area contributed by atoms with Crippen LogP contribution < -0.4 is 31.8 Å². The lowest BCUT2D eigenvalue weighted by Gasteiger charge is -2.20. The first-order chi connectivity index (χ1) is 24.1. The van der Waals surface area contributed by atoms with Crippen LogP contribution in [0.2, 0.25) is 0 Å². The first kappa shape index (κ1) is 27.4. The van der Waals surface area contributed by atoms with E-state index in [1.165, 1.54) is 0 Å². The highest BCUT2D eigenvalue weighted by Crippen LogP contribution is 2.55. The number of rotatable bonds is 2. The summed E-state index contributed by atoms with van der Waals surface area (Å²) in [6, 6.07) is 53.0. The number of nitrogens with zero attached hydrogens (tertiary/aromatic N) is 2. The molecule has 6 heteroatoms. The standard InChI is InChI=1S/C43H26N2O2P2/c46-48(37-19-7-3-12-28(37)29-13-4-8-20-38(29)48)27-24-25-34-36(26-27)45-35-18-11-23-41(42(35)32-16-1-2-17-33(32)43(45)44-34)49(47)39-21-9-5-14-30(39)31-15-6-10-22-40(31)49/h1-26H. The van der Waals surface area contributed by atoms with E-state index in [2.05, 4.69) is 59.0 Å². The summed E-state index contributed by atoms with van der Waals surface area (Å²) in [6.07, 6.45) is 0. The zero-order chi connectivity index (χ0) is 32.5. The summed E-state index contributed by atoms with van der Waals surface area (Å²) in [4.78, 5) is 5.19. The van der Waals surface area contributed by atoms with Crippen LogP contribution in [0.5, 0.6) is 0 Å². The lowest BCUT2D eigenvalue weighted by Crippen LogP contribution is -2.22. The lowest BCUT2D eigenvalue weighted by atomic mass is 10.1. The van der Waals surface area contributed by atoms with Crippen LogP contribution in [0.15, 0.2) is 158 Å². The number of fused-ring (bicyclic) bond motifs is 14. The van der Waals surface area contributed by atoms with E-state index in [0.29, 0.717) is 0 Å². The quantitative estimate of drug-likeness (QED) is 0.139. The minimum Gasteiger partial charge on any atom is -0.309 e. The molecule has 0 aliphatic carbocycles. The van der Waals surface area contributed by atoms with Crippen LogP contribution >= 0.6 is 14.3 Å². The molecule has 0 spiro atoms. The van der Waals surface area contributed by atoms with E-state index in [9.17, 15) is 0 Å². The van der Waals surface area contributed by atoms with Gasteiger partial charge in [0.1, 0.15) is 5.65 Å². The molecular weight excluding hydrogens is 638 g/mol. The van der Waals surface area contributed by atoms with Crippen LogP contribution in [-0.2, 0) is 9.13 Å². The molecule has 11 rings (SSSR count). The Labute approximate surface area is 282 Å². The molecule has 9 aromatic rings. The second kappa shape index (κ2) is 9.55. The summed E-state index contributed by atoms with van der Waals surface area (Å²) in [5.41, 5.74) is 7.57. The maximum absolute atomic E-state index is 15.9. The van der Waals surface area contributed by atoms with Gasteiger partial charge in [0.15, 0.2) is 14.3 Å². The normalized spacial score (nSPS) is 15.0. The van der Waals surface area contributed by atoms with Crippen molar-refractivity contribution < 1.29 is 9.13 Å². The van der Waals surface area contributed by atoms with Crippen molar-refractivity contribution in [3.8, 4) is 22.3 Å². The maximum atomic E-state index is 15.9. The van der Waals surface area contributed by atoms with Crippen LogP contribution in [0.3, 0.4) is 0 Å². The Balaban J connectivity index is 1.27. The molecule has 4 heterocycles. The number of aromatic nitrogens is 2. The molecule has 0 saturated carbocycles. The Morgan fingerprint density at radius 2 is 0.918 bits per heavy atom. The fourth-order valence-corrected chi connectivity index (χ4v) is 14.9. The highest BCUT2D eigenvalue weighted by atomic mass is 31.2. The Kier molecular flexibility index (Phi) is 5.34. The lowest BCUT2D eigenvalue weighted by molar-refractivity contribution is 0.592. The largest absolute Gasteiger partial charge is 0.309 e. The van der Waals surface area contributed by atoms with E-state index < -0.39 is 14.3 Å². The Morgan fingerprint density at radius 1 is 0.429 bits per heavy atom. The zero-order valence-electron chi connectivity index (χ0n) is 26.1. The van der Waals surface area contributed by atoms with Crippen molar-refractivity contribution in [1.29, 1.82) is 0 Å². The zero-order valence-corrected chi connectivity index (χ0v) is 27.9. The van der Waals surface area contributed by atoms with Gasteiger partial charge in [-0.1, -0.05) is 133 Å². The summed E-state index contributed by atoms with van der Waals surface area (Å²) in [6.45, 7) is 0. The molecule has 0 saturated heterocycles. The van der Waals surface area contributed by atoms with E-state index in [-0.39, 0.29) is 0 Å². The van der Waals surface area contributed by atoms with Crippen LogP contribution in [0.1, 0.15) is 0 Å². The molecule has 0 fully saturated rings. The van der Waals surface area contributed by atoms with E-state index in [4.69, 9.17) is 4.98 Å². The summed E-state index contributed by atoms with van der Waals surface area (Å²) >= 11 is 0.